The molecule has 212 valence electrons. The zero-order valence-corrected chi connectivity index (χ0v) is 22.6. The van der Waals surface area contributed by atoms with Gasteiger partial charge >= 0.3 is 0 Å². The minimum atomic E-state index is -0.981. The molecule has 0 saturated carbocycles. The van der Waals surface area contributed by atoms with E-state index in [1.54, 1.807) is 17.0 Å². The number of ether oxygens (including phenoxy) is 4. The van der Waals surface area contributed by atoms with Crippen molar-refractivity contribution >= 4 is 16.7 Å². The molecular formula is C30H28F2N4O5. The molecule has 7 rings (SSSR count). The Hall–Kier alpha value is -4.09. The molecule has 3 aromatic heterocycles. The number of fused-ring (bicyclic) bond motifs is 3. The Balaban J connectivity index is 1.35. The summed E-state index contributed by atoms with van der Waals surface area (Å²) in [6.45, 7) is 2.34. The van der Waals surface area contributed by atoms with E-state index in [1.807, 2.05) is 18.2 Å². The molecule has 2 bridgehead atoms. The summed E-state index contributed by atoms with van der Waals surface area (Å²) in [5.41, 5.74) is 0.803. The van der Waals surface area contributed by atoms with Crippen molar-refractivity contribution in [2.24, 2.45) is 0 Å². The summed E-state index contributed by atoms with van der Waals surface area (Å²) in [7, 11) is 2.54. The van der Waals surface area contributed by atoms with E-state index >= 15 is 8.78 Å². The van der Waals surface area contributed by atoms with Crippen LogP contribution in [0.4, 0.5) is 14.6 Å². The third kappa shape index (κ3) is 4.22. The summed E-state index contributed by atoms with van der Waals surface area (Å²) in [5, 5.41) is 0.550. The number of hydrogen-bond donors (Lipinski definition) is 0. The minimum Gasteiger partial charge on any atom is -0.494 e. The van der Waals surface area contributed by atoms with Crippen LogP contribution in [0.3, 0.4) is 0 Å². The molecule has 3 saturated heterocycles. The van der Waals surface area contributed by atoms with E-state index in [9.17, 15) is 4.79 Å². The maximum Gasteiger partial charge on any atom is 0.259 e. The van der Waals surface area contributed by atoms with Gasteiger partial charge in [-0.25, -0.2) is 13.8 Å². The largest absolute Gasteiger partial charge is 0.494 e. The Morgan fingerprint density at radius 1 is 0.976 bits per heavy atom. The first kappa shape index (κ1) is 25.8. The van der Waals surface area contributed by atoms with Gasteiger partial charge in [-0.15, -0.1) is 0 Å². The highest BCUT2D eigenvalue weighted by atomic mass is 19.1. The monoisotopic (exact) mass is 562 g/mol. The van der Waals surface area contributed by atoms with Crippen LogP contribution in [0.2, 0.25) is 0 Å². The van der Waals surface area contributed by atoms with E-state index in [-0.39, 0.29) is 29.2 Å². The zero-order valence-electron chi connectivity index (χ0n) is 22.6. The molecule has 6 heterocycles. The highest BCUT2D eigenvalue weighted by molar-refractivity contribution is 5.87. The molecule has 9 nitrogen and oxygen atoms in total. The van der Waals surface area contributed by atoms with E-state index in [4.69, 9.17) is 23.9 Å². The van der Waals surface area contributed by atoms with Crippen LogP contribution < -0.4 is 19.9 Å². The summed E-state index contributed by atoms with van der Waals surface area (Å²) in [4.78, 5) is 25.6. The number of benzene rings is 1. The van der Waals surface area contributed by atoms with Crippen molar-refractivity contribution in [2.75, 3.05) is 45.5 Å². The van der Waals surface area contributed by atoms with Gasteiger partial charge in [-0.05, 0) is 37.1 Å². The lowest BCUT2D eigenvalue weighted by atomic mass is 10.0. The van der Waals surface area contributed by atoms with Crippen molar-refractivity contribution in [2.45, 2.75) is 31.0 Å². The number of rotatable bonds is 6. The lowest BCUT2D eigenvalue weighted by Gasteiger charge is -2.27. The Morgan fingerprint density at radius 3 is 2.39 bits per heavy atom. The summed E-state index contributed by atoms with van der Waals surface area (Å²) < 4.78 is 54.0. The van der Waals surface area contributed by atoms with E-state index < -0.39 is 22.8 Å². The molecule has 0 N–H and O–H groups in total. The van der Waals surface area contributed by atoms with Crippen LogP contribution in [0.1, 0.15) is 18.9 Å². The van der Waals surface area contributed by atoms with Crippen molar-refractivity contribution in [3.8, 4) is 33.9 Å². The normalized spacial score (nSPS) is 21.7. The van der Waals surface area contributed by atoms with Gasteiger partial charge in [0.05, 0.1) is 68.0 Å². The maximum absolute atomic E-state index is 15.5. The van der Waals surface area contributed by atoms with Gasteiger partial charge in [-0.2, -0.15) is 0 Å². The fourth-order valence-corrected chi connectivity index (χ4v) is 6.17. The van der Waals surface area contributed by atoms with E-state index in [2.05, 4.69) is 9.88 Å². The van der Waals surface area contributed by atoms with Gasteiger partial charge in [-0.1, -0.05) is 0 Å². The third-order valence-electron chi connectivity index (χ3n) is 8.27. The highest BCUT2D eigenvalue weighted by Gasteiger charge is 2.39. The number of aromatic nitrogens is 3. The summed E-state index contributed by atoms with van der Waals surface area (Å²) >= 11 is 0. The number of hydrogen-bond acceptors (Lipinski definition) is 8. The first-order valence-electron chi connectivity index (χ1n) is 13.5. The van der Waals surface area contributed by atoms with Gasteiger partial charge in [0.1, 0.15) is 5.82 Å². The molecule has 11 heteroatoms. The van der Waals surface area contributed by atoms with Crippen molar-refractivity contribution in [3.63, 3.8) is 0 Å². The van der Waals surface area contributed by atoms with Gasteiger partial charge < -0.3 is 28.4 Å². The Morgan fingerprint density at radius 2 is 1.78 bits per heavy atom. The second kappa shape index (κ2) is 10.1. The fourth-order valence-electron chi connectivity index (χ4n) is 6.17. The van der Waals surface area contributed by atoms with Crippen molar-refractivity contribution < 1.29 is 27.7 Å². The standard InChI is InChI=1S/C30H28F2N4O5/c1-38-24-10-25(39-2)29(32)27(28(24)31)21-7-17-12-33-22(9-23(17)36(30(21)37)18-5-6-40-14-18)16-3-4-26(34-11-16)35-13-20-8-19(35)15-41-20/h3-4,7,9-12,18-20H,5-6,8,13-15H2,1-2H3. The highest BCUT2D eigenvalue weighted by Crippen LogP contribution is 2.38. The van der Waals surface area contributed by atoms with Crippen LogP contribution in [0.15, 0.2) is 47.5 Å². The average Bonchev–Trinajstić information content (AvgIpc) is 3.77. The third-order valence-corrected chi connectivity index (χ3v) is 8.27. The van der Waals surface area contributed by atoms with Gasteiger partial charge in [0.2, 0.25) is 0 Å². The van der Waals surface area contributed by atoms with Gasteiger partial charge in [0.25, 0.3) is 5.56 Å². The number of halogens is 2. The first-order valence-corrected chi connectivity index (χ1v) is 13.5. The predicted octanol–water partition coefficient (Wildman–Crippen LogP) is 4.36. The van der Waals surface area contributed by atoms with E-state index in [0.717, 1.165) is 37.0 Å². The Labute approximate surface area is 234 Å². The van der Waals surface area contributed by atoms with Gasteiger partial charge in [-0.3, -0.25) is 9.78 Å². The van der Waals surface area contributed by atoms with Crippen LogP contribution >= 0.6 is 0 Å². The van der Waals surface area contributed by atoms with Gasteiger partial charge in [0.15, 0.2) is 23.1 Å². The quantitative estimate of drug-likeness (QED) is 0.343. The summed E-state index contributed by atoms with van der Waals surface area (Å²) in [6, 6.07) is 8.39. The smallest absolute Gasteiger partial charge is 0.259 e. The van der Waals surface area contributed by atoms with Crippen LogP contribution in [0.5, 0.6) is 11.5 Å². The number of morpholine rings is 1. The minimum absolute atomic E-state index is 0.152. The molecule has 3 unspecified atom stereocenters. The predicted molar refractivity (Wildman–Crippen MR) is 148 cm³/mol. The molecule has 3 fully saturated rings. The van der Waals surface area contributed by atoms with Crippen molar-refractivity contribution in [1.82, 2.24) is 14.5 Å². The van der Waals surface area contributed by atoms with Gasteiger partial charge in [0, 0.05) is 42.6 Å². The molecule has 0 radical (unpaired) electrons. The molecule has 0 aliphatic carbocycles. The Bertz CT molecular complexity index is 1680. The number of pyridine rings is 3. The molecule has 0 amide bonds. The van der Waals surface area contributed by atoms with E-state index in [0.29, 0.717) is 42.3 Å². The zero-order chi connectivity index (χ0) is 28.2. The second-order valence-corrected chi connectivity index (χ2v) is 10.6. The fraction of sp³-hybridized carbons (Fsp3) is 0.367. The van der Waals surface area contributed by atoms with Crippen molar-refractivity contribution in [1.29, 1.82) is 0 Å². The van der Waals surface area contributed by atoms with E-state index in [1.165, 1.54) is 20.3 Å². The molecule has 1 aromatic carbocycles. The second-order valence-electron chi connectivity index (χ2n) is 10.6. The SMILES string of the molecule is COc1cc(OC)c(F)c(-c2cc3cnc(-c4ccc(N5CC6CC5CO6)nc4)cc3n(C3CCOC3)c2=O)c1F. The topological polar surface area (TPSA) is 87.9 Å². The molecule has 3 atom stereocenters. The number of anilines is 1. The van der Waals surface area contributed by atoms with Crippen LogP contribution in [0, 0.1) is 11.6 Å². The number of methoxy groups -OCH3 is 2. The summed E-state index contributed by atoms with van der Waals surface area (Å²) in [5.74, 6) is -1.53. The first-order chi connectivity index (χ1) is 20.0. The van der Waals surface area contributed by atoms with Crippen LogP contribution in [0.25, 0.3) is 33.3 Å². The molecule has 3 aliphatic rings. The molecule has 3 aliphatic heterocycles. The molecule has 0 spiro atoms. The molecule has 41 heavy (non-hydrogen) atoms. The van der Waals surface area contributed by atoms with Crippen molar-refractivity contribution in [3.05, 3.63) is 64.7 Å². The van der Waals surface area contributed by atoms with Crippen LogP contribution in [-0.4, -0.2) is 67.3 Å². The maximum atomic E-state index is 15.5. The summed E-state index contributed by atoms with van der Waals surface area (Å²) in [6.07, 6.45) is 5.26. The number of nitrogens with zero attached hydrogens (tertiary/aromatic N) is 4. The Kier molecular flexibility index (Phi) is 6.35. The molecular weight excluding hydrogens is 534 g/mol. The van der Waals surface area contributed by atoms with Crippen LogP contribution in [-0.2, 0) is 9.47 Å². The average molecular weight is 563 g/mol. The lowest BCUT2D eigenvalue weighted by molar-refractivity contribution is 0.0989. The molecule has 4 aromatic rings. The lowest BCUT2D eigenvalue weighted by Crippen LogP contribution is -2.37.